The number of hydrogen-bond acceptors (Lipinski definition) is 9. The van der Waals surface area contributed by atoms with Crippen LogP contribution in [-0.2, 0) is 22.7 Å². The number of methoxy groups -OCH3 is 2. The van der Waals surface area contributed by atoms with Crippen LogP contribution in [0.2, 0.25) is 10.0 Å². The molecule has 1 atom stereocenters. The number of rotatable bonds is 8. The lowest BCUT2D eigenvalue weighted by atomic mass is 10.0. The second kappa shape index (κ2) is 12.3. The Morgan fingerprint density at radius 1 is 1.09 bits per heavy atom. The highest BCUT2D eigenvalue weighted by molar-refractivity contribution is 6.37. The Kier molecular flexibility index (Phi) is 8.29. The summed E-state index contributed by atoms with van der Waals surface area (Å²) in [7, 11) is 2.91. The topological polar surface area (TPSA) is 143 Å². The molecule has 1 aromatic heterocycles. The number of benzene rings is 3. The van der Waals surface area contributed by atoms with Crippen LogP contribution in [0.3, 0.4) is 0 Å². The van der Waals surface area contributed by atoms with Crippen molar-refractivity contribution < 1.29 is 33.0 Å². The molecule has 0 spiro atoms. The van der Waals surface area contributed by atoms with Crippen molar-refractivity contribution in [1.82, 2.24) is 15.2 Å². The molecule has 14 heteroatoms. The summed E-state index contributed by atoms with van der Waals surface area (Å²) in [5.41, 5.74) is 2.00. The minimum Gasteiger partial charge on any atom is -0.495 e. The van der Waals surface area contributed by atoms with E-state index in [0.717, 1.165) is 0 Å². The molecule has 0 aliphatic carbocycles. The van der Waals surface area contributed by atoms with Gasteiger partial charge in [-0.15, -0.1) is 0 Å². The zero-order chi connectivity index (χ0) is 32.7. The third-order valence-corrected chi connectivity index (χ3v) is 8.50. The maximum atomic E-state index is 15.7. The molecule has 2 aliphatic heterocycles. The summed E-state index contributed by atoms with van der Waals surface area (Å²) in [5.74, 6) is -1.16. The lowest BCUT2D eigenvalue weighted by Gasteiger charge is -2.29. The van der Waals surface area contributed by atoms with Crippen molar-refractivity contribution in [3.05, 3.63) is 80.7 Å². The van der Waals surface area contributed by atoms with Crippen molar-refractivity contribution >= 4 is 63.2 Å². The van der Waals surface area contributed by atoms with E-state index < -0.39 is 29.6 Å². The van der Waals surface area contributed by atoms with Gasteiger partial charge >= 0.3 is 0 Å². The Balaban J connectivity index is 1.28. The number of fused-ring (bicyclic) bond motifs is 2. The standard InChI is InChI=1S/C32H24Cl2FN5O6/c1-44-25-10-23(20(33)8-21(25)34)38-30-16(11-36)12-37-22-9-27(26(45-2)7-18(22)30)46-14-15-3-4-17-19(29(15)35)13-40(32(17)43)24-5-6-28(41)39-31(24)42/h3-4,7-10,12,24H,5-6,13-14H2,1-2H3,(H,37,38)(H,39,41,42). The first-order valence-electron chi connectivity index (χ1n) is 13.9. The van der Waals surface area contributed by atoms with Gasteiger partial charge in [0.15, 0.2) is 11.5 Å². The number of aromatic nitrogens is 1. The maximum Gasteiger partial charge on any atom is 0.255 e. The average molecular weight is 664 g/mol. The van der Waals surface area contributed by atoms with Gasteiger partial charge < -0.3 is 24.4 Å². The number of carbonyl (C=O) groups is 3. The molecule has 11 nitrogen and oxygen atoms in total. The van der Waals surface area contributed by atoms with Crippen molar-refractivity contribution in [3.63, 3.8) is 0 Å². The van der Waals surface area contributed by atoms with Crippen molar-refractivity contribution in [2.24, 2.45) is 0 Å². The molecule has 3 amide bonds. The van der Waals surface area contributed by atoms with Crippen molar-refractivity contribution in [1.29, 1.82) is 5.26 Å². The maximum absolute atomic E-state index is 15.7. The fraction of sp³-hybridized carbons (Fsp3) is 0.219. The van der Waals surface area contributed by atoms with Gasteiger partial charge in [0.1, 0.15) is 30.3 Å². The lowest BCUT2D eigenvalue weighted by Crippen LogP contribution is -2.52. The Bertz CT molecular complexity index is 2000. The quantitative estimate of drug-likeness (QED) is 0.229. The SMILES string of the molecule is COc1cc(Nc2c(C#N)cnc3cc(OCc4ccc5c(c4F)CN(C4CCC(=O)NC4=O)C5=O)c(OC)cc23)c(Cl)cc1Cl. The molecular formula is C32H24Cl2FN5O6. The second-order valence-corrected chi connectivity index (χ2v) is 11.3. The first-order chi connectivity index (χ1) is 22.1. The van der Waals surface area contributed by atoms with Crippen LogP contribution in [0.15, 0.2) is 42.6 Å². The van der Waals surface area contributed by atoms with Gasteiger partial charge in [0, 0.05) is 46.8 Å². The summed E-state index contributed by atoms with van der Waals surface area (Å²) in [5, 5.41) is 16.4. The van der Waals surface area contributed by atoms with Gasteiger partial charge in [-0.1, -0.05) is 29.3 Å². The van der Waals surface area contributed by atoms with E-state index in [0.29, 0.717) is 38.1 Å². The molecule has 0 radical (unpaired) electrons. The number of amides is 3. The molecule has 1 fully saturated rings. The number of piperidine rings is 1. The Hall–Kier alpha value is -5.12. The molecule has 46 heavy (non-hydrogen) atoms. The van der Waals surface area contributed by atoms with Crippen molar-refractivity contribution in [2.45, 2.75) is 32.0 Å². The molecule has 1 unspecified atom stereocenters. The minimum absolute atomic E-state index is 0.0968. The predicted molar refractivity (Wildman–Crippen MR) is 166 cm³/mol. The van der Waals surface area contributed by atoms with Gasteiger partial charge in [0.25, 0.3) is 5.91 Å². The fourth-order valence-electron chi connectivity index (χ4n) is 5.53. The summed E-state index contributed by atoms with van der Waals surface area (Å²) in [6.07, 6.45) is 1.67. The largest absolute Gasteiger partial charge is 0.495 e. The van der Waals surface area contributed by atoms with Crippen LogP contribution in [0.4, 0.5) is 15.8 Å². The summed E-state index contributed by atoms with van der Waals surface area (Å²) in [4.78, 5) is 42.6. The number of nitrogens with zero attached hydrogens (tertiary/aromatic N) is 3. The summed E-state index contributed by atoms with van der Waals surface area (Å²) in [6, 6.07) is 10.6. The fourth-order valence-corrected chi connectivity index (χ4v) is 6.04. The van der Waals surface area contributed by atoms with Crippen LogP contribution >= 0.6 is 23.2 Å². The predicted octanol–water partition coefficient (Wildman–Crippen LogP) is 5.65. The normalized spacial score (nSPS) is 15.8. The number of nitriles is 1. The van der Waals surface area contributed by atoms with E-state index in [1.165, 1.54) is 43.5 Å². The highest BCUT2D eigenvalue weighted by atomic mass is 35.5. The molecule has 3 aromatic carbocycles. The van der Waals surface area contributed by atoms with E-state index in [2.05, 4.69) is 21.7 Å². The smallest absolute Gasteiger partial charge is 0.255 e. The van der Waals surface area contributed by atoms with E-state index in [1.54, 1.807) is 18.2 Å². The van der Waals surface area contributed by atoms with E-state index in [9.17, 15) is 19.6 Å². The zero-order valence-electron chi connectivity index (χ0n) is 24.4. The van der Waals surface area contributed by atoms with E-state index in [-0.39, 0.29) is 59.7 Å². The Morgan fingerprint density at radius 2 is 1.87 bits per heavy atom. The zero-order valence-corrected chi connectivity index (χ0v) is 25.9. The third kappa shape index (κ3) is 5.48. The van der Waals surface area contributed by atoms with Gasteiger partial charge in [0.05, 0.1) is 53.3 Å². The first-order valence-corrected chi connectivity index (χ1v) is 14.7. The molecule has 2 N–H and O–H groups in total. The van der Waals surface area contributed by atoms with Gasteiger partial charge in [0.2, 0.25) is 11.8 Å². The molecular weight excluding hydrogens is 640 g/mol. The number of carbonyl (C=O) groups excluding carboxylic acids is 3. The molecule has 6 rings (SSSR count). The summed E-state index contributed by atoms with van der Waals surface area (Å²) >= 11 is 12.6. The molecule has 234 valence electrons. The summed E-state index contributed by atoms with van der Waals surface area (Å²) in [6.45, 7) is -0.320. The average Bonchev–Trinajstić information content (AvgIpc) is 3.38. The number of ether oxygens (including phenoxy) is 3. The number of imide groups is 1. The monoisotopic (exact) mass is 663 g/mol. The number of halogens is 3. The van der Waals surface area contributed by atoms with Gasteiger partial charge in [-0.3, -0.25) is 24.7 Å². The molecule has 0 saturated carbocycles. The van der Waals surface area contributed by atoms with Crippen LogP contribution in [0.25, 0.3) is 10.9 Å². The molecule has 3 heterocycles. The first kappa shape index (κ1) is 30.9. The molecule has 1 saturated heterocycles. The lowest BCUT2D eigenvalue weighted by molar-refractivity contribution is -0.136. The van der Waals surface area contributed by atoms with Gasteiger partial charge in [-0.2, -0.15) is 5.26 Å². The van der Waals surface area contributed by atoms with Crippen molar-refractivity contribution in [2.75, 3.05) is 19.5 Å². The Labute approximate surface area is 271 Å². The Morgan fingerprint density at radius 3 is 2.59 bits per heavy atom. The van der Waals surface area contributed by atoms with E-state index in [4.69, 9.17) is 37.4 Å². The minimum atomic E-state index is -0.857. The van der Waals surface area contributed by atoms with Crippen LogP contribution < -0.4 is 24.8 Å². The van der Waals surface area contributed by atoms with Crippen LogP contribution in [-0.4, -0.2) is 47.9 Å². The number of pyridine rings is 1. The number of anilines is 2. The molecule has 0 bridgehead atoms. The molecule has 2 aliphatic rings. The molecule has 4 aromatic rings. The highest BCUT2D eigenvalue weighted by Gasteiger charge is 2.40. The summed E-state index contributed by atoms with van der Waals surface area (Å²) < 4.78 is 32.6. The number of nitrogens with one attached hydrogen (secondary N) is 2. The highest BCUT2D eigenvalue weighted by Crippen LogP contribution is 2.41. The van der Waals surface area contributed by atoms with Crippen LogP contribution in [0, 0.1) is 17.1 Å². The van der Waals surface area contributed by atoms with Crippen LogP contribution in [0.5, 0.6) is 17.2 Å². The van der Waals surface area contributed by atoms with E-state index in [1.807, 2.05) is 0 Å². The van der Waals surface area contributed by atoms with Gasteiger partial charge in [-0.25, -0.2) is 4.39 Å². The van der Waals surface area contributed by atoms with Crippen LogP contribution in [0.1, 0.15) is 39.9 Å². The van der Waals surface area contributed by atoms with Crippen molar-refractivity contribution in [3.8, 4) is 23.3 Å². The number of hydrogen-bond donors (Lipinski definition) is 2. The third-order valence-electron chi connectivity index (χ3n) is 7.89. The second-order valence-electron chi connectivity index (χ2n) is 10.5. The van der Waals surface area contributed by atoms with Gasteiger partial charge in [-0.05, 0) is 24.6 Å². The van der Waals surface area contributed by atoms with E-state index >= 15 is 4.39 Å².